The van der Waals surface area contributed by atoms with E-state index < -0.39 is 10.0 Å². The topological polar surface area (TPSA) is 58.4 Å². The van der Waals surface area contributed by atoms with Gasteiger partial charge in [-0.1, -0.05) is 0 Å². The third-order valence-corrected chi connectivity index (χ3v) is 5.88. The average molecular weight is 314 g/mol. The van der Waals surface area contributed by atoms with Gasteiger partial charge in [0.1, 0.15) is 0 Å². The molecule has 1 aliphatic heterocycles. The van der Waals surface area contributed by atoms with E-state index >= 15 is 0 Å². The molecule has 0 amide bonds. The molecular formula is C14H26N4O2S. The molecule has 0 bridgehead atoms. The van der Waals surface area contributed by atoms with Crippen molar-refractivity contribution in [1.29, 1.82) is 0 Å². The van der Waals surface area contributed by atoms with Crippen LogP contribution in [-0.2, 0) is 23.6 Å². The highest BCUT2D eigenvalue weighted by atomic mass is 32.2. The molecule has 2 rings (SSSR count). The molecule has 1 saturated heterocycles. The van der Waals surface area contributed by atoms with Gasteiger partial charge in [0.15, 0.2) is 0 Å². The van der Waals surface area contributed by atoms with Crippen molar-refractivity contribution in [3.63, 3.8) is 0 Å². The van der Waals surface area contributed by atoms with Crippen LogP contribution < -0.4 is 0 Å². The molecule has 120 valence electrons. The zero-order valence-corrected chi connectivity index (χ0v) is 14.2. The first-order valence-corrected chi connectivity index (χ1v) is 9.09. The van der Waals surface area contributed by atoms with Gasteiger partial charge in [-0.3, -0.25) is 4.68 Å². The van der Waals surface area contributed by atoms with Crippen molar-refractivity contribution < 1.29 is 8.42 Å². The van der Waals surface area contributed by atoms with Crippen molar-refractivity contribution in [2.45, 2.75) is 32.2 Å². The maximum atomic E-state index is 12.0. The first-order valence-electron chi connectivity index (χ1n) is 7.49. The van der Waals surface area contributed by atoms with E-state index in [-0.39, 0.29) is 11.7 Å². The number of nitrogens with zero attached hydrogens (tertiary/aromatic N) is 4. The van der Waals surface area contributed by atoms with Crippen molar-refractivity contribution in [3.8, 4) is 0 Å². The predicted octanol–water partition coefficient (Wildman–Crippen LogP) is 1.01. The second kappa shape index (κ2) is 6.46. The quantitative estimate of drug-likeness (QED) is 0.814. The van der Waals surface area contributed by atoms with Gasteiger partial charge in [0.05, 0.1) is 17.1 Å². The van der Waals surface area contributed by atoms with Crippen LogP contribution >= 0.6 is 0 Å². The Morgan fingerprint density at radius 1 is 1.43 bits per heavy atom. The van der Waals surface area contributed by atoms with Crippen LogP contribution in [0.1, 0.15) is 37.1 Å². The fraction of sp³-hybridized carbons (Fsp3) is 0.786. The molecule has 0 aliphatic carbocycles. The molecule has 7 heteroatoms. The first-order chi connectivity index (χ1) is 9.83. The van der Waals surface area contributed by atoms with Crippen molar-refractivity contribution in [3.05, 3.63) is 17.5 Å². The molecule has 1 aliphatic rings. The van der Waals surface area contributed by atoms with E-state index in [2.05, 4.69) is 16.1 Å². The van der Waals surface area contributed by atoms with Gasteiger partial charge in [0.25, 0.3) is 0 Å². The van der Waals surface area contributed by atoms with E-state index in [0.717, 1.165) is 30.8 Å². The third-order valence-electron chi connectivity index (χ3n) is 4.03. The Morgan fingerprint density at radius 2 is 2.14 bits per heavy atom. The smallest absolute Gasteiger partial charge is 0.213 e. The summed E-state index contributed by atoms with van der Waals surface area (Å²) in [5.74, 6) is 0.385. The molecule has 1 atom stereocenters. The van der Waals surface area contributed by atoms with Crippen molar-refractivity contribution in [2.75, 3.05) is 32.9 Å². The SMILES string of the molecule is CCS(=O)(=O)N1CCCC(c2cc(CN(C)C)n(C)n2)C1. The predicted molar refractivity (Wildman–Crippen MR) is 83.6 cm³/mol. The largest absolute Gasteiger partial charge is 0.304 e. The lowest BCUT2D eigenvalue weighted by Crippen LogP contribution is -2.40. The Morgan fingerprint density at radius 3 is 2.76 bits per heavy atom. The third kappa shape index (κ3) is 3.84. The van der Waals surface area contributed by atoms with Crippen molar-refractivity contribution in [1.82, 2.24) is 19.0 Å². The molecule has 21 heavy (non-hydrogen) atoms. The second-order valence-electron chi connectivity index (χ2n) is 6.02. The molecule has 1 unspecified atom stereocenters. The minimum Gasteiger partial charge on any atom is -0.304 e. The summed E-state index contributed by atoms with van der Waals surface area (Å²) in [6.07, 6.45) is 1.91. The van der Waals surface area contributed by atoms with Crippen LogP contribution in [0.25, 0.3) is 0 Å². The van der Waals surface area contributed by atoms with Crippen LogP contribution in [0.2, 0.25) is 0 Å². The maximum Gasteiger partial charge on any atom is 0.213 e. The number of aryl methyl sites for hydroxylation is 1. The lowest BCUT2D eigenvalue weighted by atomic mass is 9.96. The van der Waals surface area contributed by atoms with Gasteiger partial charge in [0.2, 0.25) is 10.0 Å². The fourth-order valence-corrected chi connectivity index (χ4v) is 4.00. The lowest BCUT2D eigenvalue weighted by Gasteiger charge is -2.30. The van der Waals surface area contributed by atoms with E-state index in [9.17, 15) is 8.42 Å². The summed E-state index contributed by atoms with van der Waals surface area (Å²) in [7, 11) is 2.92. The Labute approximate surface area is 127 Å². The van der Waals surface area contributed by atoms with Crippen LogP contribution in [0.15, 0.2) is 6.07 Å². The monoisotopic (exact) mass is 314 g/mol. The fourth-order valence-electron chi connectivity index (χ4n) is 2.82. The summed E-state index contributed by atoms with van der Waals surface area (Å²) in [6, 6.07) is 2.12. The summed E-state index contributed by atoms with van der Waals surface area (Å²) in [5.41, 5.74) is 2.18. The van der Waals surface area contributed by atoms with Crippen LogP contribution in [0.5, 0.6) is 0 Å². The zero-order valence-electron chi connectivity index (χ0n) is 13.4. The van der Waals surface area contributed by atoms with Crippen LogP contribution in [0.3, 0.4) is 0 Å². The summed E-state index contributed by atoms with van der Waals surface area (Å²) >= 11 is 0. The second-order valence-corrected chi connectivity index (χ2v) is 8.28. The number of hydrogen-bond acceptors (Lipinski definition) is 4. The van der Waals surface area contributed by atoms with E-state index in [0.29, 0.717) is 13.1 Å². The van der Waals surface area contributed by atoms with Gasteiger partial charge in [-0.2, -0.15) is 5.10 Å². The summed E-state index contributed by atoms with van der Waals surface area (Å²) in [6.45, 7) is 3.75. The maximum absolute atomic E-state index is 12.0. The Kier molecular flexibility index (Phi) is 5.06. The van der Waals surface area contributed by atoms with Crippen LogP contribution in [0, 0.1) is 0 Å². The van der Waals surface area contributed by atoms with Crippen molar-refractivity contribution >= 4 is 10.0 Å². The molecule has 0 spiro atoms. The van der Waals surface area contributed by atoms with Gasteiger partial charge >= 0.3 is 0 Å². The lowest BCUT2D eigenvalue weighted by molar-refractivity contribution is 0.312. The van der Waals surface area contributed by atoms with E-state index in [1.165, 1.54) is 0 Å². The highest BCUT2D eigenvalue weighted by Crippen LogP contribution is 2.28. The van der Waals surface area contributed by atoms with E-state index in [4.69, 9.17) is 0 Å². The first kappa shape index (κ1) is 16.5. The molecule has 1 aromatic heterocycles. The van der Waals surface area contributed by atoms with Crippen LogP contribution in [-0.4, -0.2) is 60.3 Å². The molecular weight excluding hydrogens is 288 g/mol. The van der Waals surface area contributed by atoms with Crippen LogP contribution in [0.4, 0.5) is 0 Å². The molecule has 1 aromatic rings. The van der Waals surface area contributed by atoms with E-state index in [1.807, 2.05) is 25.8 Å². The molecule has 1 fully saturated rings. The van der Waals surface area contributed by atoms with Gasteiger partial charge in [-0.15, -0.1) is 0 Å². The van der Waals surface area contributed by atoms with Gasteiger partial charge < -0.3 is 4.90 Å². The minimum atomic E-state index is -3.09. The zero-order chi connectivity index (χ0) is 15.6. The highest BCUT2D eigenvalue weighted by molar-refractivity contribution is 7.89. The molecule has 0 N–H and O–H groups in total. The number of aromatic nitrogens is 2. The Hall–Kier alpha value is -0.920. The standard InChI is InChI=1S/C14H26N4O2S/c1-5-21(19,20)18-8-6-7-12(10-18)14-9-13(11-16(2)3)17(4)15-14/h9,12H,5-8,10-11H2,1-4H3. The van der Waals surface area contributed by atoms with Crippen molar-refractivity contribution in [2.24, 2.45) is 7.05 Å². The highest BCUT2D eigenvalue weighted by Gasteiger charge is 2.29. The number of sulfonamides is 1. The summed E-state index contributed by atoms with van der Waals surface area (Å²) in [5, 5.41) is 4.60. The Bertz CT molecular complexity index is 580. The molecule has 0 radical (unpaired) electrons. The molecule has 6 nitrogen and oxygen atoms in total. The minimum absolute atomic E-state index is 0.174. The summed E-state index contributed by atoms with van der Waals surface area (Å²) in [4.78, 5) is 2.11. The molecule has 0 saturated carbocycles. The van der Waals surface area contributed by atoms with Gasteiger partial charge in [-0.25, -0.2) is 12.7 Å². The normalized spacial score (nSPS) is 21.1. The van der Waals surface area contributed by atoms with Gasteiger partial charge in [0, 0.05) is 32.6 Å². The van der Waals surface area contributed by atoms with E-state index in [1.54, 1.807) is 11.2 Å². The summed E-state index contributed by atoms with van der Waals surface area (Å²) < 4.78 is 27.6. The molecule has 2 heterocycles. The number of piperidine rings is 1. The number of rotatable bonds is 5. The Balaban J connectivity index is 2.15. The average Bonchev–Trinajstić information content (AvgIpc) is 2.80. The number of hydrogen-bond donors (Lipinski definition) is 0. The molecule has 0 aromatic carbocycles. The van der Waals surface area contributed by atoms with Gasteiger partial charge in [-0.05, 0) is 39.9 Å².